The van der Waals surface area contributed by atoms with Crippen LogP contribution in [0.2, 0.25) is 0 Å². The van der Waals surface area contributed by atoms with Crippen LogP contribution < -0.4 is 0 Å². The van der Waals surface area contributed by atoms with Gasteiger partial charge in [0.25, 0.3) is 0 Å². The number of hydrogen-bond acceptors (Lipinski definition) is 11. The van der Waals surface area contributed by atoms with Gasteiger partial charge in [0.15, 0.2) is 24.7 Å². The van der Waals surface area contributed by atoms with Gasteiger partial charge < -0.3 is 52.3 Å². The summed E-state index contributed by atoms with van der Waals surface area (Å²) in [4.78, 5) is 2.23. The van der Waals surface area contributed by atoms with Crippen molar-refractivity contribution < 1.29 is 47.4 Å². The van der Waals surface area contributed by atoms with Crippen molar-refractivity contribution in [2.75, 3.05) is 40.6 Å². The second kappa shape index (κ2) is 22.6. The van der Waals surface area contributed by atoms with E-state index in [2.05, 4.69) is 116 Å². The maximum Gasteiger partial charge on any atom is 0.184 e. The molecule has 0 aromatic heterocycles. The number of hydrogen-bond donors (Lipinski definition) is 0. The summed E-state index contributed by atoms with van der Waals surface area (Å²) in [5, 5.41) is 0. The molecule has 352 valence electrons. The van der Waals surface area contributed by atoms with Gasteiger partial charge in [-0.1, -0.05) is 103 Å². The lowest BCUT2D eigenvalue weighted by atomic mass is 9.77. The second-order valence-electron chi connectivity index (χ2n) is 20.8. The van der Waals surface area contributed by atoms with Crippen molar-refractivity contribution >= 4 is 0 Å². The van der Waals surface area contributed by atoms with Gasteiger partial charge in [0.1, 0.15) is 25.1 Å². The average molecular weight is 854 g/mol. The van der Waals surface area contributed by atoms with E-state index in [1.54, 1.807) is 0 Å². The lowest BCUT2D eigenvalue weighted by molar-refractivity contribution is -0.378. The van der Waals surface area contributed by atoms with E-state index in [0.29, 0.717) is 49.2 Å². The minimum atomic E-state index is -0.754. The normalized spacial score (nSPS) is 46.5. The molecule has 22 atom stereocenters. The molecule has 0 aromatic carbocycles. The largest absolute Gasteiger partial charge is 0.353 e. The van der Waals surface area contributed by atoms with Crippen LogP contribution in [0, 0.1) is 59.2 Å². The van der Waals surface area contributed by atoms with Gasteiger partial charge >= 0.3 is 0 Å². The van der Waals surface area contributed by atoms with E-state index in [1.807, 2.05) is 0 Å². The third kappa shape index (κ3) is 11.9. The molecule has 0 saturated carbocycles. The third-order valence-corrected chi connectivity index (χ3v) is 16.0. The van der Waals surface area contributed by atoms with Crippen molar-refractivity contribution in [1.29, 1.82) is 0 Å². The van der Waals surface area contributed by atoms with Crippen LogP contribution in [0.4, 0.5) is 0 Å². The Morgan fingerprint density at radius 2 is 1.27 bits per heavy atom. The monoisotopic (exact) mass is 854 g/mol. The van der Waals surface area contributed by atoms with E-state index in [4.69, 9.17) is 47.4 Å². The van der Waals surface area contributed by atoms with E-state index in [9.17, 15) is 0 Å². The summed E-state index contributed by atoms with van der Waals surface area (Å²) < 4.78 is 68.3. The SMILES string of the molecule is CCC1O[C@H](OC2C(C)[C@H](C)[C@H]([C@@H](C)CC)O[C@@H]2O[C@@H]2C(C)[C@@H](O[C@H]3C([C@H]4COCO4)O[C@](C)(OCCCCCN(C)C)C[C@H]3C)OC([C@@H](C)CC)[C@H]2C)[C@H](C)C(C)[C@@H]1C. The number of rotatable bonds is 19. The highest BCUT2D eigenvalue weighted by atomic mass is 16.8. The summed E-state index contributed by atoms with van der Waals surface area (Å²) in [5.74, 6) is 1.67. The van der Waals surface area contributed by atoms with Gasteiger partial charge in [-0.2, -0.15) is 0 Å². The highest BCUT2D eigenvalue weighted by Gasteiger charge is 2.54. The predicted octanol–water partition coefficient (Wildman–Crippen LogP) is 9.53. The van der Waals surface area contributed by atoms with Crippen molar-refractivity contribution in [3.05, 3.63) is 0 Å². The molecule has 5 rings (SSSR count). The molecule has 0 N–H and O–H groups in total. The summed E-state index contributed by atoms with van der Waals surface area (Å²) in [5.41, 5.74) is 0. The maximum atomic E-state index is 7.45. The molecule has 5 aliphatic rings. The van der Waals surface area contributed by atoms with E-state index < -0.39 is 18.4 Å². The van der Waals surface area contributed by atoms with Gasteiger partial charge in [-0.25, -0.2) is 0 Å². The lowest BCUT2D eigenvalue weighted by Gasteiger charge is -2.53. The lowest BCUT2D eigenvalue weighted by Crippen LogP contribution is -2.62. The number of ether oxygens (including phenoxy) is 10. The first-order chi connectivity index (χ1) is 28.4. The summed E-state index contributed by atoms with van der Waals surface area (Å²) in [6.07, 6.45) is 4.18. The van der Waals surface area contributed by atoms with Crippen molar-refractivity contribution in [3.8, 4) is 0 Å². The molecule has 0 bridgehead atoms. The summed E-state index contributed by atoms with van der Waals surface area (Å²) >= 11 is 0. The molecular weight excluding hydrogens is 763 g/mol. The molecule has 5 saturated heterocycles. The predicted molar refractivity (Wildman–Crippen MR) is 235 cm³/mol. The van der Waals surface area contributed by atoms with Crippen molar-refractivity contribution in [2.24, 2.45) is 59.2 Å². The van der Waals surface area contributed by atoms with E-state index in [0.717, 1.165) is 45.1 Å². The van der Waals surface area contributed by atoms with Gasteiger partial charge in [0.05, 0.1) is 43.7 Å². The van der Waals surface area contributed by atoms with Crippen molar-refractivity contribution in [2.45, 2.75) is 215 Å². The molecular formula is C49H91NO10. The topological polar surface area (TPSA) is 95.5 Å². The average Bonchev–Trinajstić information content (AvgIpc) is 3.76. The first-order valence-electron chi connectivity index (χ1n) is 24.5. The van der Waals surface area contributed by atoms with Crippen LogP contribution in [-0.2, 0) is 47.4 Å². The standard InChI is InChI=1S/C49H91NO10/c1-17-28(4)40-33(9)34(10)44(59-46-35(11)31(7)32(8)38(19-3)54-46)48(56-40)58-43-36(12)41(29(5)18-2)55-47(37(43)13)57-42-30(6)25-49(14,53-24-22-20-21-23-50(15)16)60-45(42)39-26-51-27-52-39/h28-48H,17-27H2,1-16H3/t28-,29-,30+,31?,32-,33-,34?,35+,36+,37?,38?,39+,40-,41?,42+,43-,44?,45?,46+,47+,48+,49-/m0/s1. The van der Waals surface area contributed by atoms with Crippen LogP contribution in [0.3, 0.4) is 0 Å². The number of nitrogens with zero attached hydrogens (tertiary/aromatic N) is 1. The molecule has 5 fully saturated rings. The Kier molecular flexibility index (Phi) is 19.1. The minimum absolute atomic E-state index is 0.0499. The molecule has 0 spiro atoms. The van der Waals surface area contributed by atoms with Gasteiger partial charge in [0, 0.05) is 24.2 Å². The molecule has 11 nitrogen and oxygen atoms in total. The fraction of sp³-hybridized carbons (Fsp3) is 1.00. The molecule has 0 amide bonds. The Morgan fingerprint density at radius 3 is 1.88 bits per heavy atom. The molecule has 11 heteroatoms. The van der Waals surface area contributed by atoms with Gasteiger partial charge in [-0.3, -0.25) is 0 Å². The van der Waals surface area contributed by atoms with E-state index in [1.165, 1.54) is 0 Å². The van der Waals surface area contributed by atoms with Gasteiger partial charge in [0.2, 0.25) is 0 Å². The van der Waals surface area contributed by atoms with Crippen LogP contribution in [0.25, 0.3) is 0 Å². The Hall–Kier alpha value is -0.440. The quantitative estimate of drug-likeness (QED) is 0.116. The molecule has 7 unspecified atom stereocenters. The zero-order valence-electron chi connectivity index (χ0n) is 40.9. The molecule has 0 aliphatic carbocycles. The van der Waals surface area contributed by atoms with E-state index in [-0.39, 0.29) is 91.5 Å². The minimum Gasteiger partial charge on any atom is -0.353 e. The first kappa shape index (κ1) is 50.6. The van der Waals surface area contributed by atoms with E-state index >= 15 is 0 Å². The second-order valence-corrected chi connectivity index (χ2v) is 20.8. The zero-order valence-corrected chi connectivity index (χ0v) is 40.9. The Labute approximate surface area is 366 Å². The fourth-order valence-electron chi connectivity index (χ4n) is 11.0. The highest BCUT2D eigenvalue weighted by molar-refractivity contribution is 4.96. The fourth-order valence-corrected chi connectivity index (χ4v) is 11.0. The summed E-state index contributed by atoms with van der Waals surface area (Å²) in [6, 6.07) is 0. The smallest absolute Gasteiger partial charge is 0.184 e. The highest BCUT2D eigenvalue weighted by Crippen LogP contribution is 2.46. The summed E-state index contributed by atoms with van der Waals surface area (Å²) in [6.45, 7) is 34.2. The summed E-state index contributed by atoms with van der Waals surface area (Å²) in [7, 11) is 4.24. The van der Waals surface area contributed by atoms with Crippen molar-refractivity contribution in [3.63, 3.8) is 0 Å². The maximum absolute atomic E-state index is 7.45. The Morgan fingerprint density at radius 1 is 0.650 bits per heavy atom. The third-order valence-electron chi connectivity index (χ3n) is 16.0. The number of unbranched alkanes of at least 4 members (excludes halogenated alkanes) is 2. The zero-order chi connectivity index (χ0) is 44.1. The molecule has 60 heavy (non-hydrogen) atoms. The van der Waals surface area contributed by atoms with Crippen LogP contribution in [0.1, 0.15) is 142 Å². The molecule has 5 aliphatic heterocycles. The Balaban J connectivity index is 1.39. The van der Waals surface area contributed by atoms with Crippen LogP contribution in [0.15, 0.2) is 0 Å². The van der Waals surface area contributed by atoms with Crippen molar-refractivity contribution in [1.82, 2.24) is 4.90 Å². The molecule has 0 aromatic rings. The Bertz CT molecular complexity index is 1250. The van der Waals surface area contributed by atoms with Crippen LogP contribution >= 0.6 is 0 Å². The molecule has 0 radical (unpaired) electrons. The van der Waals surface area contributed by atoms with Gasteiger partial charge in [-0.15, -0.1) is 0 Å². The van der Waals surface area contributed by atoms with Gasteiger partial charge in [-0.05, 0) is 94.7 Å². The molecule has 5 heterocycles. The first-order valence-corrected chi connectivity index (χ1v) is 24.5. The van der Waals surface area contributed by atoms with Crippen LogP contribution in [-0.4, -0.2) is 119 Å². The van der Waals surface area contributed by atoms with Crippen LogP contribution in [0.5, 0.6) is 0 Å².